The maximum absolute atomic E-state index is 12.5. The van der Waals surface area contributed by atoms with Gasteiger partial charge in [-0.3, -0.25) is 9.59 Å². The summed E-state index contributed by atoms with van der Waals surface area (Å²) in [6, 6.07) is 0. The molecule has 52 heavy (non-hydrogen) atoms. The third-order valence-corrected chi connectivity index (χ3v) is 9.35. The molecule has 0 aliphatic carbocycles. The van der Waals surface area contributed by atoms with Gasteiger partial charge in [0.1, 0.15) is 6.61 Å². The lowest BCUT2D eigenvalue weighted by Crippen LogP contribution is -2.30. The Labute approximate surface area is 322 Å². The molecule has 0 heterocycles. The number of rotatable bonds is 40. The molecule has 0 saturated heterocycles. The predicted molar refractivity (Wildman–Crippen MR) is 224 cm³/mol. The molecule has 0 bridgehead atoms. The van der Waals surface area contributed by atoms with Crippen LogP contribution in [0.25, 0.3) is 0 Å². The van der Waals surface area contributed by atoms with Gasteiger partial charge in [-0.2, -0.15) is 0 Å². The first-order valence-corrected chi connectivity index (χ1v) is 22.2. The Kier molecular flexibility index (Phi) is 41.5. The lowest BCUT2D eigenvalue weighted by molar-refractivity contribution is -0.163. The topological polar surface area (TPSA) is 61.8 Å². The summed E-state index contributed by atoms with van der Waals surface area (Å²) < 4.78 is 17.2. The Morgan fingerprint density at radius 2 is 0.865 bits per heavy atom. The van der Waals surface area contributed by atoms with Crippen molar-refractivity contribution in [3.63, 3.8) is 0 Å². The van der Waals surface area contributed by atoms with Crippen molar-refractivity contribution in [1.82, 2.24) is 0 Å². The van der Waals surface area contributed by atoms with Crippen molar-refractivity contribution in [1.29, 1.82) is 0 Å². The van der Waals surface area contributed by atoms with E-state index in [4.69, 9.17) is 14.2 Å². The van der Waals surface area contributed by atoms with Gasteiger partial charge in [0.25, 0.3) is 0 Å². The van der Waals surface area contributed by atoms with Crippen LogP contribution in [0.3, 0.4) is 0 Å². The molecule has 1 atom stereocenters. The summed E-state index contributed by atoms with van der Waals surface area (Å²) >= 11 is 0. The molecule has 0 aromatic carbocycles. The van der Waals surface area contributed by atoms with Gasteiger partial charge in [-0.1, -0.05) is 172 Å². The average Bonchev–Trinajstić information content (AvgIpc) is 3.14. The van der Waals surface area contributed by atoms with E-state index in [0.29, 0.717) is 19.4 Å². The van der Waals surface area contributed by atoms with Crippen molar-refractivity contribution < 1.29 is 23.8 Å². The minimum absolute atomic E-state index is 0.0780. The Balaban J connectivity index is 4.08. The molecular weight excluding hydrogens is 645 g/mol. The van der Waals surface area contributed by atoms with Crippen LogP contribution < -0.4 is 0 Å². The van der Waals surface area contributed by atoms with E-state index in [-0.39, 0.29) is 25.2 Å². The minimum atomic E-state index is -0.536. The number of hydrogen-bond acceptors (Lipinski definition) is 5. The summed E-state index contributed by atoms with van der Waals surface area (Å²) in [4.78, 5) is 25.0. The Morgan fingerprint density at radius 1 is 0.442 bits per heavy atom. The van der Waals surface area contributed by atoms with Gasteiger partial charge in [0.15, 0.2) is 6.10 Å². The fourth-order valence-corrected chi connectivity index (χ4v) is 6.05. The highest BCUT2D eigenvalue weighted by Crippen LogP contribution is 2.13. The van der Waals surface area contributed by atoms with Gasteiger partial charge in [-0.25, -0.2) is 0 Å². The lowest BCUT2D eigenvalue weighted by atomic mass is 10.1. The number of esters is 2. The predicted octanol–water partition coefficient (Wildman–Crippen LogP) is 14.4. The first-order valence-electron chi connectivity index (χ1n) is 22.2. The number of hydrogen-bond donors (Lipinski definition) is 0. The van der Waals surface area contributed by atoms with Crippen LogP contribution in [0.2, 0.25) is 0 Å². The molecule has 1 unspecified atom stereocenters. The van der Waals surface area contributed by atoms with E-state index < -0.39 is 6.10 Å². The van der Waals surface area contributed by atoms with Crippen LogP contribution in [0.15, 0.2) is 48.6 Å². The minimum Gasteiger partial charge on any atom is -0.462 e. The Morgan fingerprint density at radius 3 is 1.42 bits per heavy atom. The number of allylic oxidation sites excluding steroid dienone is 8. The molecule has 0 spiro atoms. The van der Waals surface area contributed by atoms with Crippen molar-refractivity contribution in [2.75, 3.05) is 19.8 Å². The van der Waals surface area contributed by atoms with E-state index >= 15 is 0 Å². The zero-order valence-electron chi connectivity index (χ0n) is 34.6. The zero-order valence-corrected chi connectivity index (χ0v) is 34.6. The summed E-state index contributed by atoms with van der Waals surface area (Å²) in [6.45, 7) is 7.61. The number of carbonyl (C=O) groups is 2. The fourth-order valence-electron chi connectivity index (χ4n) is 6.05. The molecule has 0 aromatic heterocycles. The van der Waals surface area contributed by atoms with E-state index in [0.717, 1.165) is 77.0 Å². The largest absolute Gasteiger partial charge is 0.462 e. The standard InChI is InChI=1S/C47H84O5/c1-4-7-10-13-15-17-19-21-23-24-25-26-28-30-32-35-37-40-46(48)51-44-45(52-47(49)41-38-34-12-9-6-3)43-50-42-39-36-33-31-29-27-22-20-18-16-14-11-8-5-2/h7,10,15,17-18,20-21,23,45H,4-6,8-9,11-14,16,19,22,24-44H2,1-3H3/b10-7-,17-15-,20-18-,23-21-. The molecule has 0 amide bonds. The van der Waals surface area contributed by atoms with E-state index in [1.807, 2.05) is 0 Å². The van der Waals surface area contributed by atoms with Gasteiger partial charge in [0.2, 0.25) is 0 Å². The molecule has 0 radical (unpaired) electrons. The summed E-state index contributed by atoms with van der Waals surface area (Å²) in [7, 11) is 0. The Bertz CT molecular complexity index is 873. The number of carbonyl (C=O) groups excluding carboxylic acids is 2. The molecule has 5 heteroatoms. The second-order valence-corrected chi connectivity index (χ2v) is 14.6. The van der Waals surface area contributed by atoms with Crippen molar-refractivity contribution in [3.8, 4) is 0 Å². The smallest absolute Gasteiger partial charge is 0.306 e. The fraction of sp³-hybridized carbons (Fsp3) is 0.787. The molecular formula is C47H84O5. The highest BCUT2D eigenvalue weighted by atomic mass is 16.6. The first kappa shape index (κ1) is 49.9. The lowest BCUT2D eigenvalue weighted by Gasteiger charge is -2.18. The van der Waals surface area contributed by atoms with Crippen LogP contribution in [0.4, 0.5) is 0 Å². The maximum atomic E-state index is 12.5. The van der Waals surface area contributed by atoms with Crippen LogP contribution in [-0.4, -0.2) is 37.9 Å². The summed E-state index contributed by atoms with van der Waals surface area (Å²) in [5.74, 6) is -0.422. The van der Waals surface area contributed by atoms with E-state index in [1.54, 1.807) is 0 Å². The van der Waals surface area contributed by atoms with Gasteiger partial charge in [-0.05, 0) is 77.0 Å². The third-order valence-electron chi connectivity index (χ3n) is 9.35. The van der Waals surface area contributed by atoms with Crippen LogP contribution in [0.1, 0.15) is 213 Å². The monoisotopic (exact) mass is 729 g/mol. The molecule has 302 valence electrons. The number of unbranched alkanes of at least 4 members (excludes halogenated alkanes) is 21. The van der Waals surface area contributed by atoms with Crippen LogP contribution in [-0.2, 0) is 23.8 Å². The highest BCUT2D eigenvalue weighted by molar-refractivity contribution is 5.70. The molecule has 0 rings (SSSR count). The summed E-state index contributed by atoms with van der Waals surface area (Å²) in [6.07, 6.45) is 51.3. The molecule has 0 aromatic rings. The van der Waals surface area contributed by atoms with Gasteiger partial charge in [0, 0.05) is 19.4 Å². The van der Waals surface area contributed by atoms with Gasteiger partial charge >= 0.3 is 11.9 Å². The van der Waals surface area contributed by atoms with Gasteiger partial charge in [-0.15, -0.1) is 0 Å². The molecule has 0 N–H and O–H groups in total. The Hall–Kier alpha value is -2.14. The second kappa shape index (κ2) is 43.3. The zero-order chi connectivity index (χ0) is 37.8. The van der Waals surface area contributed by atoms with Crippen molar-refractivity contribution >= 4 is 11.9 Å². The van der Waals surface area contributed by atoms with Crippen LogP contribution in [0.5, 0.6) is 0 Å². The highest BCUT2D eigenvalue weighted by Gasteiger charge is 2.17. The molecule has 0 fully saturated rings. The van der Waals surface area contributed by atoms with Crippen molar-refractivity contribution in [2.24, 2.45) is 0 Å². The molecule has 0 saturated carbocycles. The molecule has 0 aliphatic heterocycles. The van der Waals surface area contributed by atoms with Crippen LogP contribution >= 0.6 is 0 Å². The molecule has 5 nitrogen and oxygen atoms in total. The van der Waals surface area contributed by atoms with Crippen molar-refractivity contribution in [2.45, 2.75) is 219 Å². The SMILES string of the molecule is CC/C=C\C/C=C\C/C=C\CCCCCCCCCC(=O)OCC(COCCCCCCCC/C=C\CCCCCC)OC(=O)CCCCCCC. The van der Waals surface area contributed by atoms with Crippen molar-refractivity contribution in [3.05, 3.63) is 48.6 Å². The normalized spacial score (nSPS) is 12.6. The maximum Gasteiger partial charge on any atom is 0.306 e. The van der Waals surface area contributed by atoms with E-state index in [2.05, 4.69) is 69.4 Å². The second-order valence-electron chi connectivity index (χ2n) is 14.6. The van der Waals surface area contributed by atoms with Crippen LogP contribution in [0, 0.1) is 0 Å². The van der Waals surface area contributed by atoms with Gasteiger partial charge in [0.05, 0.1) is 6.61 Å². The summed E-state index contributed by atoms with van der Waals surface area (Å²) in [5, 5.41) is 0. The number of ether oxygens (including phenoxy) is 3. The van der Waals surface area contributed by atoms with Gasteiger partial charge < -0.3 is 14.2 Å². The summed E-state index contributed by atoms with van der Waals surface area (Å²) in [5.41, 5.74) is 0. The van der Waals surface area contributed by atoms with E-state index in [9.17, 15) is 9.59 Å². The quantitative estimate of drug-likeness (QED) is 0.0357. The van der Waals surface area contributed by atoms with E-state index in [1.165, 1.54) is 103 Å². The third kappa shape index (κ3) is 40.6. The molecule has 0 aliphatic rings. The average molecular weight is 729 g/mol. The first-order chi connectivity index (χ1) is 25.6.